The van der Waals surface area contributed by atoms with Gasteiger partial charge in [-0.05, 0) is 31.0 Å². The zero-order valence-corrected chi connectivity index (χ0v) is 13.1. The highest BCUT2D eigenvalue weighted by molar-refractivity contribution is 7.22. The number of ether oxygens (including phenoxy) is 2. The van der Waals surface area contributed by atoms with E-state index in [0.717, 1.165) is 46.4 Å². The molecular weight excluding hydrogens is 296 g/mol. The third kappa shape index (κ3) is 4.90. The minimum Gasteiger partial charge on any atom is -0.382 e. The van der Waals surface area contributed by atoms with Crippen LogP contribution in [0.15, 0.2) is 18.2 Å². The molecule has 0 aliphatic rings. The van der Waals surface area contributed by atoms with Crippen molar-refractivity contribution in [3.63, 3.8) is 0 Å². The van der Waals surface area contributed by atoms with E-state index in [0.29, 0.717) is 13.2 Å². The second kappa shape index (κ2) is 8.42. The molecule has 0 aliphatic carbocycles. The maximum Gasteiger partial charge on any atom is 0.183 e. The lowest BCUT2D eigenvalue weighted by Gasteiger charge is -2.04. The number of hydrogen-bond donors (Lipinski definition) is 1. The lowest BCUT2D eigenvalue weighted by Crippen LogP contribution is -2.06. The second-order valence-corrected chi connectivity index (χ2v) is 5.84. The Bertz CT molecular complexity index is 533. The van der Waals surface area contributed by atoms with Gasteiger partial charge in [-0.15, -0.1) is 0 Å². The summed E-state index contributed by atoms with van der Waals surface area (Å²) in [6.07, 6.45) is 2.09. The fourth-order valence-electron chi connectivity index (χ4n) is 1.74. The molecule has 0 amide bonds. The molecule has 6 heteroatoms. The predicted octanol–water partition coefficient (Wildman–Crippen LogP) is 3.80. The van der Waals surface area contributed by atoms with Crippen molar-refractivity contribution in [1.29, 1.82) is 0 Å². The second-order valence-electron chi connectivity index (χ2n) is 4.37. The Labute approximate surface area is 128 Å². The number of anilines is 1. The Morgan fingerprint density at radius 2 is 2.15 bits per heavy atom. The fraction of sp³-hybridized carbons (Fsp3) is 0.500. The number of methoxy groups -OCH3 is 1. The Hall–Kier alpha value is -0.880. The topological polar surface area (TPSA) is 43.4 Å². The van der Waals surface area contributed by atoms with E-state index in [2.05, 4.69) is 10.3 Å². The first-order chi connectivity index (χ1) is 9.79. The third-order valence-electron chi connectivity index (χ3n) is 2.77. The zero-order chi connectivity index (χ0) is 14.2. The van der Waals surface area contributed by atoms with Crippen molar-refractivity contribution < 1.29 is 9.47 Å². The number of rotatable bonds is 9. The Balaban J connectivity index is 1.65. The molecule has 2 aromatic rings. The summed E-state index contributed by atoms with van der Waals surface area (Å²) in [4.78, 5) is 4.51. The lowest BCUT2D eigenvalue weighted by atomic mass is 10.3. The summed E-state index contributed by atoms with van der Waals surface area (Å²) in [5, 5.41) is 5.01. The summed E-state index contributed by atoms with van der Waals surface area (Å²) in [5.74, 6) is 0. The first-order valence-corrected chi connectivity index (χ1v) is 7.85. The molecule has 20 heavy (non-hydrogen) atoms. The number of nitrogens with one attached hydrogen (secondary N) is 1. The van der Waals surface area contributed by atoms with E-state index in [1.807, 2.05) is 18.2 Å². The highest BCUT2D eigenvalue weighted by Crippen LogP contribution is 2.27. The van der Waals surface area contributed by atoms with Gasteiger partial charge in [0.2, 0.25) is 0 Å². The largest absolute Gasteiger partial charge is 0.382 e. The van der Waals surface area contributed by atoms with E-state index in [1.54, 1.807) is 18.4 Å². The summed E-state index contributed by atoms with van der Waals surface area (Å²) in [7, 11) is 1.68. The van der Waals surface area contributed by atoms with Gasteiger partial charge >= 0.3 is 0 Å². The number of thiazole rings is 1. The van der Waals surface area contributed by atoms with Crippen LogP contribution in [0.1, 0.15) is 12.8 Å². The molecule has 1 aromatic carbocycles. The summed E-state index contributed by atoms with van der Waals surface area (Å²) in [6, 6.07) is 5.79. The number of nitrogens with zero attached hydrogens (tertiary/aromatic N) is 1. The number of halogens is 1. The van der Waals surface area contributed by atoms with Crippen LogP contribution in [0.2, 0.25) is 5.02 Å². The molecule has 0 bridgehead atoms. The molecule has 0 spiro atoms. The van der Waals surface area contributed by atoms with Gasteiger partial charge in [0.05, 0.1) is 23.4 Å². The van der Waals surface area contributed by atoms with E-state index in [-0.39, 0.29) is 0 Å². The van der Waals surface area contributed by atoms with Gasteiger partial charge in [0.1, 0.15) is 0 Å². The first-order valence-electron chi connectivity index (χ1n) is 6.66. The average molecular weight is 315 g/mol. The molecule has 1 heterocycles. The van der Waals surface area contributed by atoms with Gasteiger partial charge in [0.25, 0.3) is 0 Å². The molecule has 2 rings (SSSR count). The van der Waals surface area contributed by atoms with E-state index in [1.165, 1.54) is 0 Å². The number of benzene rings is 1. The van der Waals surface area contributed by atoms with Crippen molar-refractivity contribution in [1.82, 2.24) is 4.98 Å². The summed E-state index contributed by atoms with van der Waals surface area (Å²) < 4.78 is 11.5. The highest BCUT2D eigenvalue weighted by Gasteiger charge is 2.03. The lowest BCUT2D eigenvalue weighted by molar-refractivity contribution is 0.0691. The molecule has 1 aromatic heterocycles. The van der Waals surface area contributed by atoms with Gasteiger partial charge in [-0.2, -0.15) is 0 Å². The van der Waals surface area contributed by atoms with Crippen LogP contribution in [0.3, 0.4) is 0 Å². The SMILES string of the molecule is COCCOCCCCNc1nc2cc(Cl)ccc2s1. The van der Waals surface area contributed by atoms with Crippen molar-refractivity contribution in [2.75, 3.05) is 38.8 Å². The summed E-state index contributed by atoms with van der Waals surface area (Å²) >= 11 is 7.60. The van der Waals surface area contributed by atoms with Crippen LogP contribution in [0.5, 0.6) is 0 Å². The molecule has 0 aliphatic heterocycles. The molecule has 0 unspecified atom stereocenters. The molecular formula is C14H19ClN2O2S. The third-order valence-corrected chi connectivity index (χ3v) is 4.00. The molecule has 0 atom stereocenters. The maximum absolute atomic E-state index is 5.95. The van der Waals surface area contributed by atoms with Gasteiger partial charge in [-0.1, -0.05) is 22.9 Å². The molecule has 0 saturated carbocycles. The van der Waals surface area contributed by atoms with E-state index >= 15 is 0 Å². The van der Waals surface area contributed by atoms with Gasteiger partial charge < -0.3 is 14.8 Å². The number of aromatic nitrogens is 1. The molecule has 110 valence electrons. The van der Waals surface area contributed by atoms with Crippen LogP contribution in [-0.4, -0.2) is 38.5 Å². The number of unbranched alkanes of at least 4 members (excludes halogenated alkanes) is 1. The fourth-order valence-corrected chi connectivity index (χ4v) is 2.78. The van der Waals surface area contributed by atoms with Crippen molar-refractivity contribution in [3.05, 3.63) is 23.2 Å². The molecule has 4 nitrogen and oxygen atoms in total. The number of hydrogen-bond acceptors (Lipinski definition) is 5. The normalized spacial score (nSPS) is 11.1. The molecule has 0 radical (unpaired) electrons. The highest BCUT2D eigenvalue weighted by atomic mass is 35.5. The van der Waals surface area contributed by atoms with Crippen molar-refractivity contribution in [2.45, 2.75) is 12.8 Å². The van der Waals surface area contributed by atoms with Crippen LogP contribution in [0, 0.1) is 0 Å². The smallest absolute Gasteiger partial charge is 0.183 e. The molecule has 0 saturated heterocycles. The number of fused-ring (bicyclic) bond motifs is 1. The zero-order valence-electron chi connectivity index (χ0n) is 11.5. The van der Waals surface area contributed by atoms with Crippen LogP contribution < -0.4 is 5.32 Å². The van der Waals surface area contributed by atoms with E-state index in [9.17, 15) is 0 Å². The first kappa shape index (κ1) is 15.5. The average Bonchev–Trinajstić information content (AvgIpc) is 2.83. The van der Waals surface area contributed by atoms with Gasteiger partial charge in [-0.25, -0.2) is 4.98 Å². The standard InChI is InChI=1S/C14H19ClN2O2S/c1-18-8-9-19-7-3-2-6-16-14-17-12-10-11(15)4-5-13(12)20-14/h4-5,10H,2-3,6-9H2,1H3,(H,16,17). The summed E-state index contributed by atoms with van der Waals surface area (Å²) in [6.45, 7) is 3.01. The van der Waals surface area contributed by atoms with Crippen LogP contribution in [-0.2, 0) is 9.47 Å². The minimum absolute atomic E-state index is 0.659. The summed E-state index contributed by atoms with van der Waals surface area (Å²) in [5.41, 5.74) is 0.952. The Morgan fingerprint density at radius 3 is 3.00 bits per heavy atom. The quantitative estimate of drug-likeness (QED) is 0.715. The maximum atomic E-state index is 5.95. The van der Waals surface area contributed by atoms with E-state index < -0.39 is 0 Å². The van der Waals surface area contributed by atoms with Gasteiger partial charge in [-0.3, -0.25) is 0 Å². The van der Waals surface area contributed by atoms with Crippen molar-refractivity contribution >= 4 is 38.3 Å². The monoisotopic (exact) mass is 314 g/mol. The van der Waals surface area contributed by atoms with Gasteiger partial charge in [0, 0.05) is 25.3 Å². The van der Waals surface area contributed by atoms with Gasteiger partial charge in [0.15, 0.2) is 5.13 Å². The predicted molar refractivity (Wildman–Crippen MR) is 85.0 cm³/mol. The van der Waals surface area contributed by atoms with Crippen molar-refractivity contribution in [3.8, 4) is 0 Å². The van der Waals surface area contributed by atoms with Crippen LogP contribution >= 0.6 is 22.9 Å². The minimum atomic E-state index is 0.659. The van der Waals surface area contributed by atoms with Crippen LogP contribution in [0.25, 0.3) is 10.2 Å². The Kier molecular flexibility index (Phi) is 6.53. The molecule has 1 N–H and O–H groups in total. The Morgan fingerprint density at radius 1 is 1.25 bits per heavy atom. The van der Waals surface area contributed by atoms with E-state index in [4.69, 9.17) is 21.1 Å². The van der Waals surface area contributed by atoms with Crippen molar-refractivity contribution in [2.24, 2.45) is 0 Å². The molecule has 0 fully saturated rings. The van der Waals surface area contributed by atoms with Crippen LogP contribution in [0.4, 0.5) is 5.13 Å².